The lowest BCUT2D eigenvalue weighted by Crippen LogP contribution is -2.26. The van der Waals surface area contributed by atoms with Crippen molar-refractivity contribution in [2.45, 2.75) is 78.2 Å². The zero-order valence-electron chi connectivity index (χ0n) is 18.0. The van der Waals surface area contributed by atoms with E-state index in [1.807, 2.05) is 24.5 Å². The molecule has 0 amide bonds. The SMILES string of the molecule is CCCCCCOC(C)C(=O)Oc1ccc(-c2ncc(CCCCC)cn2)cc1. The molecule has 0 N–H and O–H groups in total. The lowest BCUT2D eigenvalue weighted by atomic mass is 10.1. The highest BCUT2D eigenvalue weighted by atomic mass is 16.6. The van der Waals surface area contributed by atoms with E-state index < -0.39 is 6.10 Å². The zero-order chi connectivity index (χ0) is 20.9. The van der Waals surface area contributed by atoms with Crippen LogP contribution in [0.5, 0.6) is 5.75 Å². The van der Waals surface area contributed by atoms with Gasteiger partial charge in [0.05, 0.1) is 0 Å². The maximum absolute atomic E-state index is 12.2. The highest BCUT2D eigenvalue weighted by Crippen LogP contribution is 2.20. The van der Waals surface area contributed by atoms with Crippen LogP contribution in [0.1, 0.15) is 71.3 Å². The van der Waals surface area contributed by atoms with Gasteiger partial charge in [-0.3, -0.25) is 0 Å². The molecule has 0 spiro atoms. The van der Waals surface area contributed by atoms with E-state index in [9.17, 15) is 4.79 Å². The molecule has 2 rings (SSSR count). The Morgan fingerprint density at radius 1 is 0.931 bits per heavy atom. The van der Waals surface area contributed by atoms with Crippen LogP contribution >= 0.6 is 0 Å². The summed E-state index contributed by atoms with van der Waals surface area (Å²) in [6.07, 6.45) is 12.3. The molecule has 29 heavy (non-hydrogen) atoms. The molecular weight excluding hydrogens is 364 g/mol. The summed E-state index contributed by atoms with van der Waals surface area (Å²) >= 11 is 0. The summed E-state index contributed by atoms with van der Waals surface area (Å²) < 4.78 is 11.0. The van der Waals surface area contributed by atoms with Crippen LogP contribution < -0.4 is 4.74 Å². The first kappa shape index (κ1) is 23.0. The summed E-state index contributed by atoms with van der Waals surface area (Å²) in [4.78, 5) is 21.1. The normalized spacial score (nSPS) is 12.0. The van der Waals surface area contributed by atoms with Crippen LogP contribution in [-0.2, 0) is 16.0 Å². The van der Waals surface area contributed by atoms with E-state index in [1.54, 1.807) is 19.1 Å². The fourth-order valence-electron chi connectivity index (χ4n) is 2.94. The summed E-state index contributed by atoms with van der Waals surface area (Å²) in [6.45, 7) is 6.68. The van der Waals surface area contributed by atoms with Gasteiger partial charge < -0.3 is 9.47 Å². The van der Waals surface area contributed by atoms with Crippen molar-refractivity contribution in [2.24, 2.45) is 0 Å². The molecule has 0 fully saturated rings. The van der Waals surface area contributed by atoms with Crippen molar-refractivity contribution >= 4 is 5.97 Å². The minimum absolute atomic E-state index is 0.374. The third-order valence-corrected chi connectivity index (χ3v) is 4.80. The van der Waals surface area contributed by atoms with Gasteiger partial charge in [0.2, 0.25) is 0 Å². The quantitative estimate of drug-likeness (QED) is 0.244. The van der Waals surface area contributed by atoms with Gasteiger partial charge in [0, 0.05) is 24.6 Å². The molecule has 1 unspecified atom stereocenters. The first-order valence-corrected chi connectivity index (χ1v) is 10.9. The van der Waals surface area contributed by atoms with E-state index in [2.05, 4.69) is 23.8 Å². The standard InChI is InChI=1S/C24H34N2O3/c1-4-6-8-10-16-28-19(3)24(27)29-22-14-12-21(13-15-22)23-25-17-20(18-26-23)11-9-7-5-2/h12-15,17-19H,4-11,16H2,1-3H3. The van der Waals surface area contributed by atoms with E-state index in [1.165, 1.54) is 32.1 Å². The van der Waals surface area contributed by atoms with Gasteiger partial charge in [-0.1, -0.05) is 46.0 Å². The Morgan fingerprint density at radius 3 is 2.24 bits per heavy atom. The summed E-state index contributed by atoms with van der Waals surface area (Å²) in [7, 11) is 0. The Morgan fingerprint density at radius 2 is 1.59 bits per heavy atom. The molecule has 0 radical (unpaired) electrons. The number of aryl methyl sites for hydroxylation is 1. The van der Waals surface area contributed by atoms with Gasteiger partial charge in [0.15, 0.2) is 11.9 Å². The molecular formula is C24H34N2O3. The number of hydrogen-bond acceptors (Lipinski definition) is 5. The Balaban J connectivity index is 1.82. The number of carbonyl (C=O) groups is 1. The largest absolute Gasteiger partial charge is 0.425 e. The van der Waals surface area contributed by atoms with Crippen LogP contribution in [0.15, 0.2) is 36.7 Å². The minimum Gasteiger partial charge on any atom is -0.425 e. The first-order chi connectivity index (χ1) is 14.1. The Bertz CT molecular complexity index is 714. The van der Waals surface area contributed by atoms with Gasteiger partial charge in [-0.25, -0.2) is 14.8 Å². The number of benzene rings is 1. The van der Waals surface area contributed by atoms with Gasteiger partial charge in [-0.15, -0.1) is 0 Å². The molecule has 0 aliphatic rings. The second kappa shape index (κ2) is 13.0. The van der Waals surface area contributed by atoms with Gasteiger partial charge >= 0.3 is 5.97 Å². The molecule has 0 saturated carbocycles. The van der Waals surface area contributed by atoms with Crippen molar-refractivity contribution in [2.75, 3.05) is 6.61 Å². The summed E-state index contributed by atoms with van der Waals surface area (Å²) in [6, 6.07) is 7.26. The molecule has 0 aliphatic carbocycles. The second-order valence-electron chi connectivity index (χ2n) is 7.39. The predicted molar refractivity (Wildman–Crippen MR) is 116 cm³/mol. The molecule has 5 nitrogen and oxygen atoms in total. The van der Waals surface area contributed by atoms with E-state index in [-0.39, 0.29) is 5.97 Å². The van der Waals surface area contributed by atoms with Crippen LogP contribution in [0.4, 0.5) is 0 Å². The maximum Gasteiger partial charge on any atom is 0.340 e. The third kappa shape index (κ3) is 8.32. The zero-order valence-corrected chi connectivity index (χ0v) is 18.0. The summed E-state index contributed by atoms with van der Waals surface area (Å²) in [5.74, 6) is 0.795. The fraction of sp³-hybridized carbons (Fsp3) is 0.542. The Labute approximate surface area is 174 Å². The molecule has 1 heterocycles. The van der Waals surface area contributed by atoms with E-state index >= 15 is 0 Å². The Kier molecular flexibility index (Phi) is 10.4. The summed E-state index contributed by atoms with van der Waals surface area (Å²) in [5, 5.41) is 0. The number of ether oxygens (including phenoxy) is 2. The summed E-state index contributed by atoms with van der Waals surface area (Å²) in [5.41, 5.74) is 2.06. The molecule has 0 aliphatic heterocycles. The molecule has 5 heteroatoms. The predicted octanol–water partition coefficient (Wildman–Crippen LogP) is 5.77. The van der Waals surface area contributed by atoms with Crippen LogP contribution in [0.3, 0.4) is 0 Å². The average molecular weight is 399 g/mol. The lowest BCUT2D eigenvalue weighted by molar-refractivity contribution is -0.146. The monoisotopic (exact) mass is 398 g/mol. The van der Waals surface area contributed by atoms with Crippen LogP contribution in [-0.4, -0.2) is 28.6 Å². The number of aromatic nitrogens is 2. The number of hydrogen-bond donors (Lipinski definition) is 0. The highest BCUT2D eigenvalue weighted by Gasteiger charge is 2.16. The molecule has 1 aromatic heterocycles. The number of unbranched alkanes of at least 4 members (excludes halogenated alkanes) is 5. The third-order valence-electron chi connectivity index (χ3n) is 4.80. The van der Waals surface area contributed by atoms with Gasteiger partial charge in [0.1, 0.15) is 5.75 Å². The van der Waals surface area contributed by atoms with Crippen molar-refractivity contribution in [3.05, 3.63) is 42.2 Å². The van der Waals surface area contributed by atoms with Crippen LogP contribution in [0.2, 0.25) is 0 Å². The number of carbonyl (C=O) groups excluding carboxylic acids is 1. The molecule has 2 aromatic rings. The second-order valence-corrected chi connectivity index (χ2v) is 7.39. The average Bonchev–Trinajstić information content (AvgIpc) is 2.75. The van der Waals surface area contributed by atoms with Crippen molar-refractivity contribution < 1.29 is 14.3 Å². The van der Waals surface area contributed by atoms with Gasteiger partial charge in [-0.2, -0.15) is 0 Å². The lowest BCUT2D eigenvalue weighted by Gasteiger charge is -2.12. The van der Waals surface area contributed by atoms with Crippen molar-refractivity contribution in [3.8, 4) is 17.1 Å². The van der Waals surface area contributed by atoms with Crippen molar-refractivity contribution in [1.29, 1.82) is 0 Å². The van der Waals surface area contributed by atoms with E-state index in [4.69, 9.17) is 9.47 Å². The van der Waals surface area contributed by atoms with Crippen LogP contribution in [0.25, 0.3) is 11.4 Å². The van der Waals surface area contributed by atoms with E-state index in [0.29, 0.717) is 18.2 Å². The molecule has 0 bridgehead atoms. The first-order valence-electron chi connectivity index (χ1n) is 10.9. The van der Waals surface area contributed by atoms with Crippen molar-refractivity contribution in [1.82, 2.24) is 9.97 Å². The van der Waals surface area contributed by atoms with Crippen LogP contribution in [0, 0.1) is 0 Å². The number of nitrogens with zero attached hydrogens (tertiary/aromatic N) is 2. The molecule has 158 valence electrons. The van der Waals surface area contributed by atoms with Gasteiger partial charge in [0.25, 0.3) is 0 Å². The molecule has 1 aromatic carbocycles. The topological polar surface area (TPSA) is 61.3 Å². The minimum atomic E-state index is -0.570. The smallest absolute Gasteiger partial charge is 0.340 e. The maximum atomic E-state index is 12.2. The van der Waals surface area contributed by atoms with E-state index in [0.717, 1.165) is 30.4 Å². The molecule has 1 atom stereocenters. The van der Waals surface area contributed by atoms with Gasteiger partial charge in [-0.05, 0) is 56.0 Å². The highest BCUT2D eigenvalue weighted by molar-refractivity contribution is 5.77. The fourth-order valence-corrected chi connectivity index (χ4v) is 2.94. The Hall–Kier alpha value is -2.27. The van der Waals surface area contributed by atoms with Crippen molar-refractivity contribution in [3.63, 3.8) is 0 Å². The molecule has 0 saturated heterocycles. The number of esters is 1. The number of rotatable bonds is 13.